The van der Waals surface area contributed by atoms with E-state index in [0.29, 0.717) is 19.1 Å². The molecule has 0 radical (unpaired) electrons. The monoisotopic (exact) mass is 248 g/mol. The van der Waals surface area contributed by atoms with Crippen molar-refractivity contribution in [1.82, 2.24) is 5.32 Å². The molecule has 1 aliphatic heterocycles. The summed E-state index contributed by atoms with van der Waals surface area (Å²) in [5.74, 6) is 1.41. The van der Waals surface area contributed by atoms with Crippen LogP contribution in [-0.4, -0.2) is 32.1 Å². The summed E-state index contributed by atoms with van der Waals surface area (Å²) in [5.41, 5.74) is 1.00. The normalized spacial score (nSPS) is 14.1. The molecule has 1 heterocycles. The zero-order chi connectivity index (χ0) is 13.0. The molecule has 0 saturated carbocycles. The summed E-state index contributed by atoms with van der Waals surface area (Å²) in [5, 5.41) is 2.94. The van der Waals surface area contributed by atoms with E-state index in [1.165, 1.54) is 0 Å². The van der Waals surface area contributed by atoms with E-state index < -0.39 is 0 Å². The molecule has 2 rings (SSSR count). The molecule has 4 heteroatoms. The van der Waals surface area contributed by atoms with Gasteiger partial charge in [-0.15, -0.1) is 0 Å². The summed E-state index contributed by atoms with van der Waals surface area (Å²) < 4.78 is 5.56. The topological polar surface area (TPSA) is 41.6 Å². The van der Waals surface area contributed by atoms with Gasteiger partial charge in [0.2, 0.25) is 5.91 Å². The van der Waals surface area contributed by atoms with Crippen molar-refractivity contribution in [1.29, 1.82) is 0 Å². The molecule has 1 aromatic rings. The Kier molecular flexibility index (Phi) is 4.07. The second-order valence-electron chi connectivity index (χ2n) is 4.94. The van der Waals surface area contributed by atoms with E-state index in [-0.39, 0.29) is 5.91 Å². The van der Waals surface area contributed by atoms with Crippen LogP contribution in [0.25, 0.3) is 0 Å². The first kappa shape index (κ1) is 12.7. The fourth-order valence-corrected chi connectivity index (χ4v) is 1.94. The molecule has 18 heavy (non-hydrogen) atoms. The van der Waals surface area contributed by atoms with E-state index >= 15 is 0 Å². The number of fused-ring (bicyclic) bond motifs is 1. The van der Waals surface area contributed by atoms with Crippen molar-refractivity contribution < 1.29 is 9.53 Å². The van der Waals surface area contributed by atoms with E-state index in [1.54, 1.807) is 0 Å². The summed E-state index contributed by atoms with van der Waals surface area (Å²) in [6.45, 7) is 6.69. The maximum atomic E-state index is 11.8. The van der Waals surface area contributed by atoms with Gasteiger partial charge in [-0.3, -0.25) is 4.79 Å². The number of hydrogen-bond donors (Lipinski definition) is 1. The molecule has 0 atom stereocenters. The quantitative estimate of drug-likeness (QED) is 0.881. The van der Waals surface area contributed by atoms with Crippen LogP contribution in [0.3, 0.4) is 0 Å². The molecule has 0 saturated heterocycles. The first-order valence-electron chi connectivity index (χ1n) is 6.40. The zero-order valence-corrected chi connectivity index (χ0v) is 11.0. The predicted octanol–water partition coefficient (Wildman–Crippen LogP) is 1.66. The second-order valence-corrected chi connectivity index (χ2v) is 4.94. The first-order chi connectivity index (χ1) is 8.66. The summed E-state index contributed by atoms with van der Waals surface area (Å²) in [4.78, 5) is 13.9. The second kappa shape index (κ2) is 5.76. The molecule has 0 aromatic heterocycles. The number of nitrogens with zero attached hydrogens (tertiary/aromatic N) is 1. The van der Waals surface area contributed by atoms with Gasteiger partial charge >= 0.3 is 0 Å². The largest absolute Gasteiger partial charge is 0.490 e. The van der Waals surface area contributed by atoms with Gasteiger partial charge in [0.05, 0.1) is 18.8 Å². The van der Waals surface area contributed by atoms with Crippen molar-refractivity contribution in [3.05, 3.63) is 24.3 Å². The number of amides is 1. The van der Waals surface area contributed by atoms with Gasteiger partial charge in [-0.05, 0) is 18.1 Å². The third-order valence-electron chi connectivity index (χ3n) is 2.87. The van der Waals surface area contributed by atoms with Gasteiger partial charge in [-0.1, -0.05) is 26.0 Å². The number of ether oxygens (including phenoxy) is 1. The molecule has 0 bridgehead atoms. The molecule has 98 valence electrons. The number of carbonyl (C=O) groups is 1. The summed E-state index contributed by atoms with van der Waals surface area (Å²) in [7, 11) is 0. The van der Waals surface area contributed by atoms with Crippen LogP contribution in [0, 0.1) is 5.92 Å². The van der Waals surface area contributed by atoms with Crippen molar-refractivity contribution in [2.24, 2.45) is 5.92 Å². The van der Waals surface area contributed by atoms with Gasteiger partial charge in [0, 0.05) is 6.54 Å². The Labute approximate surface area is 108 Å². The van der Waals surface area contributed by atoms with Crippen LogP contribution in [-0.2, 0) is 4.79 Å². The maximum absolute atomic E-state index is 11.8. The number of anilines is 1. The van der Waals surface area contributed by atoms with Crippen LogP contribution in [0.1, 0.15) is 13.8 Å². The van der Waals surface area contributed by atoms with E-state index in [1.807, 2.05) is 24.3 Å². The molecule has 0 fully saturated rings. The number of nitrogens with one attached hydrogen (secondary N) is 1. The molecular formula is C14H20N2O2. The van der Waals surface area contributed by atoms with Crippen LogP contribution in [0.15, 0.2) is 24.3 Å². The highest BCUT2D eigenvalue weighted by Gasteiger charge is 2.19. The van der Waals surface area contributed by atoms with E-state index in [2.05, 4.69) is 24.1 Å². The van der Waals surface area contributed by atoms with E-state index in [9.17, 15) is 4.79 Å². The average Bonchev–Trinajstić information content (AvgIpc) is 2.37. The highest BCUT2D eigenvalue weighted by molar-refractivity contribution is 5.82. The van der Waals surface area contributed by atoms with Gasteiger partial charge in [-0.25, -0.2) is 0 Å². The van der Waals surface area contributed by atoms with Crippen molar-refractivity contribution in [2.45, 2.75) is 13.8 Å². The maximum Gasteiger partial charge on any atom is 0.239 e. The zero-order valence-electron chi connectivity index (χ0n) is 11.0. The van der Waals surface area contributed by atoms with E-state index in [4.69, 9.17) is 4.74 Å². The van der Waals surface area contributed by atoms with Crippen LogP contribution in [0.5, 0.6) is 5.75 Å². The van der Waals surface area contributed by atoms with Crippen molar-refractivity contribution in [3.63, 3.8) is 0 Å². The number of rotatable bonds is 4. The molecule has 1 aromatic carbocycles. The average molecular weight is 248 g/mol. The third-order valence-corrected chi connectivity index (χ3v) is 2.87. The fraction of sp³-hybridized carbons (Fsp3) is 0.500. The molecule has 4 nitrogen and oxygen atoms in total. The summed E-state index contributed by atoms with van der Waals surface area (Å²) in [6.07, 6.45) is 0. The van der Waals surface area contributed by atoms with Crippen LogP contribution in [0.2, 0.25) is 0 Å². The Morgan fingerprint density at radius 1 is 1.44 bits per heavy atom. The third kappa shape index (κ3) is 3.15. The Morgan fingerprint density at radius 3 is 3.00 bits per heavy atom. The number of hydrogen-bond acceptors (Lipinski definition) is 3. The lowest BCUT2D eigenvalue weighted by atomic mass is 10.2. The van der Waals surface area contributed by atoms with Crippen molar-refractivity contribution >= 4 is 11.6 Å². The molecule has 0 unspecified atom stereocenters. The standard InChI is InChI=1S/C14H20N2O2/c1-11(2)9-15-14(17)10-16-7-8-18-13-6-4-3-5-12(13)16/h3-6,11H,7-10H2,1-2H3,(H,15,17). The Hall–Kier alpha value is -1.71. The smallest absolute Gasteiger partial charge is 0.239 e. The molecule has 0 aliphatic carbocycles. The SMILES string of the molecule is CC(C)CNC(=O)CN1CCOc2ccccc21. The van der Waals surface area contributed by atoms with E-state index in [0.717, 1.165) is 24.5 Å². The lowest BCUT2D eigenvalue weighted by Crippen LogP contribution is -2.42. The lowest BCUT2D eigenvalue weighted by molar-refractivity contribution is -0.119. The van der Waals surface area contributed by atoms with Crippen LogP contribution in [0.4, 0.5) is 5.69 Å². The number of para-hydroxylation sites is 2. The molecule has 1 N–H and O–H groups in total. The van der Waals surface area contributed by atoms with Gasteiger partial charge in [-0.2, -0.15) is 0 Å². The predicted molar refractivity (Wildman–Crippen MR) is 72.0 cm³/mol. The molecule has 0 spiro atoms. The summed E-state index contributed by atoms with van der Waals surface area (Å²) in [6, 6.07) is 7.84. The lowest BCUT2D eigenvalue weighted by Gasteiger charge is -2.30. The first-order valence-corrected chi connectivity index (χ1v) is 6.40. The molecule has 1 amide bonds. The minimum Gasteiger partial charge on any atom is -0.490 e. The highest BCUT2D eigenvalue weighted by atomic mass is 16.5. The van der Waals surface area contributed by atoms with Gasteiger partial charge in [0.1, 0.15) is 12.4 Å². The molecule has 1 aliphatic rings. The van der Waals surface area contributed by atoms with Crippen LogP contribution >= 0.6 is 0 Å². The minimum absolute atomic E-state index is 0.0698. The Morgan fingerprint density at radius 2 is 2.22 bits per heavy atom. The number of carbonyl (C=O) groups excluding carboxylic acids is 1. The van der Waals surface area contributed by atoms with Crippen molar-refractivity contribution in [3.8, 4) is 5.75 Å². The van der Waals surface area contributed by atoms with Gasteiger partial charge in [0.25, 0.3) is 0 Å². The fourth-order valence-electron chi connectivity index (χ4n) is 1.94. The molecular weight excluding hydrogens is 228 g/mol. The Balaban J connectivity index is 1.96. The number of benzene rings is 1. The highest BCUT2D eigenvalue weighted by Crippen LogP contribution is 2.30. The Bertz CT molecular complexity index is 418. The van der Waals surface area contributed by atoms with Gasteiger partial charge in [0.15, 0.2) is 0 Å². The summed E-state index contributed by atoms with van der Waals surface area (Å²) >= 11 is 0. The van der Waals surface area contributed by atoms with Crippen LogP contribution < -0.4 is 15.0 Å². The van der Waals surface area contributed by atoms with Crippen molar-refractivity contribution in [2.75, 3.05) is 31.1 Å². The minimum atomic E-state index is 0.0698. The van der Waals surface area contributed by atoms with Gasteiger partial charge < -0.3 is 15.0 Å².